The maximum atomic E-state index is 11.2. The number of aromatic nitrogens is 1. The second-order valence-corrected chi connectivity index (χ2v) is 6.93. The zero-order chi connectivity index (χ0) is 17.2. The van der Waals surface area contributed by atoms with E-state index in [4.69, 9.17) is 21.8 Å². The number of amides is 1. The van der Waals surface area contributed by atoms with Crippen molar-refractivity contribution in [2.45, 2.75) is 40.2 Å². The van der Waals surface area contributed by atoms with Crippen molar-refractivity contribution in [2.75, 3.05) is 5.32 Å². The van der Waals surface area contributed by atoms with E-state index in [1.165, 1.54) is 12.3 Å². The summed E-state index contributed by atoms with van der Waals surface area (Å²) in [6, 6.07) is 5.33. The maximum Gasteiger partial charge on any atom is 0.250 e. The van der Waals surface area contributed by atoms with E-state index < -0.39 is 5.91 Å². The van der Waals surface area contributed by atoms with Crippen LogP contribution in [0.3, 0.4) is 0 Å². The van der Waals surface area contributed by atoms with Crippen molar-refractivity contribution < 1.29 is 9.21 Å². The molecule has 124 valence electrons. The standard InChI is InChI=1S/C17H22ClN3O2/c1-5-11-6-7-13(23-11)14(17(2,3)4)21-16-12(18)8-10(9-20-16)15(19)22/h6-9,14H,5H2,1-4H3,(H2,19,22)(H,20,21). The molecule has 0 aliphatic carbocycles. The Hall–Kier alpha value is -2.01. The van der Waals surface area contributed by atoms with Crippen LogP contribution < -0.4 is 11.1 Å². The second kappa shape index (κ2) is 6.62. The van der Waals surface area contributed by atoms with Gasteiger partial charge >= 0.3 is 0 Å². The van der Waals surface area contributed by atoms with Crippen molar-refractivity contribution in [3.8, 4) is 0 Å². The van der Waals surface area contributed by atoms with Gasteiger partial charge in [-0.15, -0.1) is 0 Å². The van der Waals surface area contributed by atoms with Crippen molar-refractivity contribution in [2.24, 2.45) is 11.1 Å². The first-order valence-electron chi connectivity index (χ1n) is 7.53. The van der Waals surface area contributed by atoms with Crippen LogP contribution in [0.4, 0.5) is 5.82 Å². The Bertz CT molecular complexity index is 704. The highest BCUT2D eigenvalue weighted by Crippen LogP contribution is 2.37. The van der Waals surface area contributed by atoms with E-state index in [1.54, 1.807) is 0 Å². The molecule has 6 heteroatoms. The monoisotopic (exact) mass is 335 g/mol. The molecular weight excluding hydrogens is 314 g/mol. The lowest BCUT2D eigenvalue weighted by molar-refractivity contribution is 0.1000. The zero-order valence-corrected chi connectivity index (χ0v) is 14.6. The van der Waals surface area contributed by atoms with Crippen LogP contribution in [-0.2, 0) is 6.42 Å². The number of carbonyl (C=O) groups excluding carboxylic acids is 1. The first-order chi connectivity index (χ1) is 10.7. The fraction of sp³-hybridized carbons (Fsp3) is 0.412. The summed E-state index contributed by atoms with van der Waals surface area (Å²) in [5, 5.41) is 3.66. The maximum absolute atomic E-state index is 11.2. The highest BCUT2D eigenvalue weighted by molar-refractivity contribution is 6.33. The lowest BCUT2D eigenvalue weighted by Gasteiger charge is -2.30. The number of primary amides is 1. The third-order valence-corrected chi connectivity index (χ3v) is 3.88. The Morgan fingerprint density at radius 3 is 2.61 bits per heavy atom. The summed E-state index contributed by atoms with van der Waals surface area (Å²) < 4.78 is 5.89. The van der Waals surface area contributed by atoms with Crippen LogP contribution in [0, 0.1) is 5.41 Å². The number of nitrogens with zero attached hydrogens (tertiary/aromatic N) is 1. The Kier molecular flexibility index (Phi) is 5.00. The Morgan fingerprint density at radius 2 is 2.13 bits per heavy atom. The minimum absolute atomic E-state index is 0.118. The quantitative estimate of drug-likeness (QED) is 0.858. The SMILES string of the molecule is CCc1ccc(C(Nc2ncc(C(N)=O)cc2Cl)C(C)(C)C)o1. The Balaban J connectivity index is 2.33. The van der Waals surface area contributed by atoms with E-state index in [-0.39, 0.29) is 17.0 Å². The number of rotatable bonds is 5. The Labute approximate surface area is 141 Å². The van der Waals surface area contributed by atoms with Gasteiger partial charge in [0.15, 0.2) is 0 Å². The van der Waals surface area contributed by atoms with E-state index in [0.717, 1.165) is 17.9 Å². The van der Waals surface area contributed by atoms with Gasteiger partial charge in [-0.2, -0.15) is 0 Å². The molecule has 0 saturated carbocycles. The second-order valence-electron chi connectivity index (χ2n) is 6.52. The molecule has 0 aliphatic rings. The van der Waals surface area contributed by atoms with Crippen molar-refractivity contribution in [3.05, 3.63) is 46.5 Å². The number of hydrogen-bond acceptors (Lipinski definition) is 4. The lowest BCUT2D eigenvalue weighted by atomic mass is 9.85. The van der Waals surface area contributed by atoms with E-state index in [1.807, 2.05) is 19.1 Å². The van der Waals surface area contributed by atoms with Gasteiger partial charge in [0, 0.05) is 12.6 Å². The molecule has 0 fully saturated rings. The Morgan fingerprint density at radius 1 is 1.43 bits per heavy atom. The first kappa shape index (κ1) is 17.3. The fourth-order valence-electron chi connectivity index (χ4n) is 2.27. The summed E-state index contributed by atoms with van der Waals surface area (Å²) in [7, 11) is 0. The number of anilines is 1. The van der Waals surface area contributed by atoms with Gasteiger partial charge in [-0.1, -0.05) is 39.3 Å². The third kappa shape index (κ3) is 4.05. The van der Waals surface area contributed by atoms with E-state index in [0.29, 0.717) is 10.8 Å². The summed E-state index contributed by atoms with van der Waals surface area (Å²) in [5.74, 6) is 1.69. The highest BCUT2D eigenvalue weighted by Gasteiger charge is 2.30. The molecule has 1 atom stereocenters. The number of carbonyl (C=O) groups is 1. The van der Waals surface area contributed by atoms with Crippen molar-refractivity contribution in [1.29, 1.82) is 0 Å². The molecule has 3 N–H and O–H groups in total. The predicted octanol–water partition coefficient (Wildman–Crippen LogP) is 4.19. The van der Waals surface area contributed by atoms with Crippen LogP contribution in [0.1, 0.15) is 55.6 Å². The summed E-state index contributed by atoms with van der Waals surface area (Å²) in [4.78, 5) is 15.4. The van der Waals surface area contributed by atoms with Crippen LogP contribution >= 0.6 is 11.6 Å². The molecule has 5 nitrogen and oxygen atoms in total. The van der Waals surface area contributed by atoms with E-state index >= 15 is 0 Å². The van der Waals surface area contributed by atoms with Crippen LogP contribution in [0.2, 0.25) is 5.02 Å². The molecule has 0 aromatic carbocycles. The van der Waals surface area contributed by atoms with Crippen molar-refractivity contribution >= 4 is 23.3 Å². The zero-order valence-electron chi connectivity index (χ0n) is 13.8. The topological polar surface area (TPSA) is 81.1 Å². The minimum atomic E-state index is -0.558. The number of aryl methyl sites for hydroxylation is 1. The number of furan rings is 1. The third-order valence-electron chi connectivity index (χ3n) is 3.59. The van der Waals surface area contributed by atoms with E-state index in [2.05, 4.69) is 31.1 Å². The molecular formula is C17H22ClN3O2. The molecule has 23 heavy (non-hydrogen) atoms. The molecule has 0 radical (unpaired) electrons. The number of nitrogens with two attached hydrogens (primary N) is 1. The van der Waals surface area contributed by atoms with Crippen LogP contribution in [0.25, 0.3) is 0 Å². The fourth-order valence-corrected chi connectivity index (χ4v) is 2.49. The van der Waals surface area contributed by atoms with Gasteiger partial charge in [0.1, 0.15) is 17.3 Å². The summed E-state index contributed by atoms with van der Waals surface area (Å²) in [6.07, 6.45) is 2.25. The summed E-state index contributed by atoms with van der Waals surface area (Å²) >= 11 is 6.22. The average molecular weight is 336 g/mol. The number of hydrogen-bond donors (Lipinski definition) is 2. The molecule has 0 saturated heterocycles. The largest absolute Gasteiger partial charge is 0.464 e. The highest BCUT2D eigenvalue weighted by atomic mass is 35.5. The first-order valence-corrected chi connectivity index (χ1v) is 7.90. The molecule has 2 aromatic rings. The molecule has 1 unspecified atom stereocenters. The molecule has 1 amide bonds. The normalized spacial score (nSPS) is 12.9. The van der Waals surface area contributed by atoms with Crippen LogP contribution in [0.15, 0.2) is 28.8 Å². The number of pyridine rings is 1. The molecule has 0 spiro atoms. The molecule has 2 rings (SSSR count). The number of nitrogens with one attached hydrogen (secondary N) is 1. The van der Waals surface area contributed by atoms with Gasteiger partial charge in [0.2, 0.25) is 5.91 Å². The van der Waals surface area contributed by atoms with E-state index in [9.17, 15) is 4.79 Å². The summed E-state index contributed by atoms with van der Waals surface area (Å²) in [5.41, 5.74) is 5.39. The lowest BCUT2D eigenvalue weighted by Crippen LogP contribution is -2.26. The molecule has 0 aliphatic heterocycles. The minimum Gasteiger partial charge on any atom is -0.464 e. The smallest absolute Gasteiger partial charge is 0.250 e. The van der Waals surface area contributed by atoms with Crippen LogP contribution in [0.5, 0.6) is 0 Å². The summed E-state index contributed by atoms with van der Waals surface area (Å²) in [6.45, 7) is 8.35. The number of halogens is 1. The van der Waals surface area contributed by atoms with Crippen LogP contribution in [-0.4, -0.2) is 10.9 Å². The molecule has 2 aromatic heterocycles. The van der Waals surface area contributed by atoms with Crippen molar-refractivity contribution in [3.63, 3.8) is 0 Å². The average Bonchev–Trinajstić information content (AvgIpc) is 2.92. The molecule has 0 bridgehead atoms. The van der Waals surface area contributed by atoms with Gasteiger partial charge in [-0.05, 0) is 23.6 Å². The molecule has 2 heterocycles. The van der Waals surface area contributed by atoms with Gasteiger partial charge < -0.3 is 15.5 Å². The van der Waals surface area contributed by atoms with Crippen molar-refractivity contribution in [1.82, 2.24) is 4.98 Å². The van der Waals surface area contributed by atoms with Gasteiger partial charge in [-0.25, -0.2) is 4.98 Å². The van der Waals surface area contributed by atoms with Gasteiger partial charge in [0.25, 0.3) is 0 Å². The predicted molar refractivity (Wildman–Crippen MR) is 91.7 cm³/mol. The van der Waals surface area contributed by atoms with Gasteiger partial charge in [-0.3, -0.25) is 4.79 Å². The van der Waals surface area contributed by atoms with Gasteiger partial charge in [0.05, 0.1) is 16.6 Å².